The lowest BCUT2D eigenvalue weighted by molar-refractivity contribution is -0.106. The maximum absolute atomic E-state index is 12.2. The van der Waals surface area contributed by atoms with Gasteiger partial charge in [-0.1, -0.05) is 40.3 Å². The van der Waals surface area contributed by atoms with Gasteiger partial charge in [0.15, 0.2) is 5.65 Å². The molecule has 0 bridgehead atoms. The summed E-state index contributed by atoms with van der Waals surface area (Å²) in [4.78, 5) is 14.0. The van der Waals surface area contributed by atoms with Crippen LogP contribution in [0.15, 0.2) is 40.5 Å². The molecule has 12 heteroatoms. The van der Waals surface area contributed by atoms with Gasteiger partial charge in [0.25, 0.3) is 0 Å². The molecule has 3 aromatic rings. The summed E-state index contributed by atoms with van der Waals surface area (Å²) < 4.78 is 49.4. The summed E-state index contributed by atoms with van der Waals surface area (Å²) in [5, 5.41) is 0.611. The average Bonchev–Trinajstić information content (AvgIpc) is 3.11. The smallest absolute Gasteiger partial charge is 0.392 e. The second-order valence-electron chi connectivity index (χ2n) is 7.37. The Morgan fingerprint density at radius 2 is 2.06 bits per heavy atom. The first-order valence-electron chi connectivity index (χ1n) is 9.95. The quantitative estimate of drug-likeness (QED) is 0.236. The maximum atomic E-state index is 12.2. The minimum atomic E-state index is -4.15. The van der Waals surface area contributed by atoms with Crippen LogP contribution in [0, 0.1) is 5.92 Å². The van der Waals surface area contributed by atoms with Gasteiger partial charge in [-0.05, 0) is 24.1 Å². The van der Waals surface area contributed by atoms with Crippen LogP contribution in [-0.4, -0.2) is 51.4 Å². The number of hydrogen-bond donors (Lipinski definition) is 1. The van der Waals surface area contributed by atoms with Gasteiger partial charge in [-0.15, -0.1) is 0 Å². The molecule has 0 fully saturated rings. The van der Waals surface area contributed by atoms with Crippen LogP contribution in [-0.2, 0) is 11.3 Å². The Kier molecular flexibility index (Phi) is 8.56. The highest BCUT2D eigenvalue weighted by atomic mass is 32.2. The normalized spacial score (nSPS) is 12.4. The van der Waals surface area contributed by atoms with Crippen molar-refractivity contribution in [1.29, 1.82) is 0 Å². The second-order valence-corrected chi connectivity index (χ2v) is 9.58. The molecule has 0 radical (unpaired) electrons. The van der Waals surface area contributed by atoms with Gasteiger partial charge in [0.2, 0.25) is 5.95 Å². The number of hydrogen-bond acceptors (Lipinski definition) is 7. The number of nitrogens with two attached hydrogens (primary N) is 1. The average molecular weight is 487 g/mol. The second kappa shape index (κ2) is 11.2. The molecule has 1 aromatic carbocycles. The van der Waals surface area contributed by atoms with Gasteiger partial charge in [0.05, 0.1) is 32.1 Å². The number of nitrogen functional groups attached to an aromatic ring is 1. The van der Waals surface area contributed by atoms with E-state index in [0.29, 0.717) is 35.3 Å². The van der Waals surface area contributed by atoms with Crippen molar-refractivity contribution in [2.45, 2.75) is 36.5 Å². The number of ether oxygens (including phenoxy) is 2. The van der Waals surface area contributed by atoms with E-state index in [2.05, 4.69) is 28.8 Å². The minimum Gasteiger partial charge on any atom is -0.493 e. The highest BCUT2D eigenvalue weighted by Gasteiger charge is 2.26. The van der Waals surface area contributed by atoms with Crippen molar-refractivity contribution in [2.24, 2.45) is 5.92 Å². The summed E-state index contributed by atoms with van der Waals surface area (Å²) in [5.41, 5.74) is 7.06. The molecule has 0 saturated carbocycles. The van der Waals surface area contributed by atoms with Gasteiger partial charge >= 0.3 is 6.18 Å². The van der Waals surface area contributed by atoms with E-state index in [1.165, 1.54) is 11.8 Å². The van der Waals surface area contributed by atoms with Crippen molar-refractivity contribution >= 4 is 37.5 Å². The van der Waals surface area contributed by atoms with E-state index in [1.807, 2.05) is 24.3 Å². The fourth-order valence-electron chi connectivity index (χ4n) is 2.67. The zero-order chi connectivity index (χ0) is 23.1. The van der Waals surface area contributed by atoms with Crippen molar-refractivity contribution in [1.82, 2.24) is 19.5 Å². The van der Waals surface area contributed by atoms with E-state index in [4.69, 9.17) is 15.2 Å². The first-order valence-corrected chi connectivity index (χ1v) is 12.2. The number of nitrogens with zero attached hydrogens (tertiary/aromatic N) is 4. The highest BCUT2D eigenvalue weighted by molar-refractivity contribution is 7.99. The fourth-order valence-corrected chi connectivity index (χ4v) is 4.27. The van der Waals surface area contributed by atoms with Gasteiger partial charge in [0.1, 0.15) is 16.3 Å². The molecule has 0 aliphatic heterocycles. The van der Waals surface area contributed by atoms with Crippen LogP contribution in [0.5, 0.6) is 5.75 Å². The number of aromatic nitrogens is 4. The molecule has 0 saturated heterocycles. The molecular weight excluding hydrogens is 462 g/mol. The molecule has 2 heterocycles. The number of halogens is 3. The monoisotopic (exact) mass is 487 g/mol. The van der Waals surface area contributed by atoms with Crippen molar-refractivity contribution in [3.63, 3.8) is 0 Å². The number of imidazole rings is 1. The number of anilines is 1. The zero-order valence-electron chi connectivity index (χ0n) is 17.7. The molecule has 1 atom stereocenters. The predicted molar refractivity (Wildman–Crippen MR) is 121 cm³/mol. The first-order chi connectivity index (χ1) is 15.2. The van der Waals surface area contributed by atoms with Gasteiger partial charge in [0, 0.05) is 11.4 Å². The standard InChI is InChI=1S/C20H25F3N5O2PS/c1-13(2)9-30-14-4-3-5-15(8-14)32-18-16-17(26-19(24)27-18)28(11-25-16)6-7-29-12-31-10-20(21,22)23/h3-5,8,11,13,31H,6-7,9-10,12H2,1-2H3,(H2,24,26,27). The topological polar surface area (TPSA) is 88.1 Å². The Morgan fingerprint density at radius 1 is 1.25 bits per heavy atom. The van der Waals surface area contributed by atoms with Gasteiger partial charge in [-0.25, -0.2) is 9.97 Å². The fraction of sp³-hybridized carbons (Fsp3) is 0.450. The lowest BCUT2D eigenvalue weighted by Gasteiger charge is -2.10. The first kappa shape index (κ1) is 24.5. The number of benzene rings is 1. The lowest BCUT2D eigenvalue weighted by Crippen LogP contribution is -2.11. The minimum absolute atomic E-state index is 0.0690. The SMILES string of the molecule is CC(C)COc1cccc(Sc2nc(N)nc3c2ncn3CCOCPCC(F)(F)F)c1. The van der Waals surface area contributed by atoms with Crippen LogP contribution in [0.2, 0.25) is 0 Å². The summed E-state index contributed by atoms with van der Waals surface area (Å²) in [6.07, 6.45) is -3.30. The van der Waals surface area contributed by atoms with Gasteiger partial charge in [-0.3, -0.25) is 0 Å². The number of alkyl halides is 3. The van der Waals surface area contributed by atoms with Crippen molar-refractivity contribution in [3.05, 3.63) is 30.6 Å². The van der Waals surface area contributed by atoms with Crippen LogP contribution >= 0.6 is 20.3 Å². The Balaban J connectivity index is 1.65. The molecule has 2 aromatic heterocycles. The van der Waals surface area contributed by atoms with Crippen molar-refractivity contribution < 1.29 is 22.6 Å². The zero-order valence-corrected chi connectivity index (χ0v) is 19.5. The molecule has 2 N–H and O–H groups in total. The molecule has 32 heavy (non-hydrogen) atoms. The third-order valence-electron chi connectivity index (χ3n) is 4.06. The van der Waals surface area contributed by atoms with Crippen LogP contribution in [0.25, 0.3) is 11.2 Å². The Bertz CT molecular complexity index is 1030. The molecule has 174 valence electrons. The van der Waals surface area contributed by atoms with E-state index in [-0.39, 0.29) is 27.5 Å². The largest absolute Gasteiger partial charge is 0.493 e. The van der Waals surface area contributed by atoms with Gasteiger partial charge in [-0.2, -0.15) is 18.2 Å². The van der Waals surface area contributed by atoms with E-state index in [1.54, 1.807) is 10.9 Å². The molecule has 0 aliphatic rings. The molecule has 7 nitrogen and oxygen atoms in total. The Labute approximate surface area is 190 Å². The predicted octanol–water partition coefficient (Wildman–Crippen LogP) is 4.81. The number of rotatable bonds is 11. The molecule has 0 amide bonds. The van der Waals surface area contributed by atoms with E-state index in [9.17, 15) is 13.2 Å². The van der Waals surface area contributed by atoms with E-state index >= 15 is 0 Å². The third-order valence-corrected chi connectivity index (χ3v) is 6.09. The Hall–Kier alpha value is -2.10. The van der Waals surface area contributed by atoms with Crippen LogP contribution < -0.4 is 10.5 Å². The van der Waals surface area contributed by atoms with Crippen LogP contribution in [0.4, 0.5) is 19.1 Å². The molecule has 1 unspecified atom stereocenters. The highest BCUT2D eigenvalue weighted by Crippen LogP contribution is 2.33. The maximum Gasteiger partial charge on any atom is 0.392 e. The Morgan fingerprint density at radius 3 is 2.81 bits per heavy atom. The molecule has 0 aliphatic carbocycles. The van der Waals surface area contributed by atoms with Crippen LogP contribution in [0.3, 0.4) is 0 Å². The molecular formula is C20H25F3N5O2PS. The summed E-state index contributed by atoms with van der Waals surface area (Å²) in [5.74, 6) is 1.31. The van der Waals surface area contributed by atoms with E-state index < -0.39 is 12.3 Å². The number of fused-ring (bicyclic) bond motifs is 1. The lowest BCUT2D eigenvalue weighted by atomic mass is 10.2. The van der Waals surface area contributed by atoms with Gasteiger partial charge < -0.3 is 19.8 Å². The van der Waals surface area contributed by atoms with Crippen molar-refractivity contribution in [2.75, 3.05) is 31.5 Å². The van der Waals surface area contributed by atoms with E-state index in [0.717, 1.165) is 10.6 Å². The third kappa shape index (κ3) is 7.50. The van der Waals surface area contributed by atoms with Crippen LogP contribution in [0.1, 0.15) is 13.8 Å². The van der Waals surface area contributed by atoms with Crippen molar-refractivity contribution in [3.8, 4) is 5.75 Å². The summed E-state index contributed by atoms with van der Waals surface area (Å²) >= 11 is 1.41. The molecule has 0 spiro atoms. The summed E-state index contributed by atoms with van der Waals surface area (Å²) in [6.45, 7) is 5.44. The molecule has 3 rings (SSSR count). The summed E-state index contributed by atoms with van der Waals surface area (Å²) in [7, 11) is -0.315. The summed E-state index contributed by atoms with van der Waals surface area (Å²) in [6, 6.07) is 7.70.